The normalized spacial score (nSPS) is 9.71. The Morgan fingerprint density at radius 2 is 1.76 bits per heavy atom. The summed E-state index contributed by atoms with van der Waals surface area (Å²) in [5, 5.41) is 14.9. The minimum Gasteiger partial charge on any atom is -0.375 e. The molecule has 2 aromatic rings. The van der Waals surface area contributed by atoms with E-state index in [1.165, 1.54) is 0 Å². The van der Waals surface area contributed by atoms with E-state index in [1.807, 2.05) is 37.3 Å². The van der Waals surface area contributed by atoms with Crippen LogP contribution in [-0.2, 0) is 11.2 Å². The first kappa shape index (κ1) is 14.6. The minimum atomic E-state index is -0.136. The minimum absolute atomic E-state index is 0.122. The molecule has 0 spiro atoms. The molecule has 0 aliphatic carbocycles. The predicted octanol–water partition coefficient (Wildman–Crippen LogP) is 3.17. The number of carbonyl (C=O) groups excluding carboxylic acids is 1. The molecule has 0 saturated carbocycles. The van der Waals surface area contributed by atoms with Gasteiger partial charge in [-0.3, -0.25) is 4.79 Å². The molecule has 21 heavy (non-hydrogen) atoms. The van der Waals surface area contributed by atoms with Crippen LogP contribution in [0, 0.1) is 11.3 Å². The molecule has 2 aromatic carbocycles. The summed E-state index contributed by atoms with van der Waals surface area (Å²) in [6.45, 7) is 2.17. The third-order valence-corrected chi connectivity index (χ3v) is 3.16. The van der Waals surface area contributed by atoms with Gasteiger partial charge in [-0.15, -0.1) is 0 Å². The Hall–Kier alpha value is -2.80. The lowest BCUT2D eigenvalue weighted by Gasteiger charge is -2.11. The van der Waals surface area contributed by atoms with Gasteiger partial charge in [0, 0.05) is 5.69 Å². The SMILES string of the molecule is CCc1ccccc1NC(=O)CNc1ccccc1C#N. The zero-order valence-corrected chi connectivity index (χ0v) is 11.9. The molecule has 0 bridgehead atoms. The lowest BCUT2D eigenvalue weighted by molar-refractivity contribution is -0.114. The molecule has 2 N–H and O–H groups in total. The summed E-state index contributed by atoms with van der Waals surface area (Å²) in [6, 6.07) is 16.9. The zero-order valence-electron chi connectivity index (χ0n) is 11.9. The van der Waals surface area contributed by atoms with Crippen molar-refractivity contribution in [3.63, 3.8) is 0 Å². The number of hydrogen-bond donors (Lipinski definition) is 2. The van der Waals surface area contributed by atoms with Crippen LogP contribution in [0.15, 0.2) is 48.5 Å². The fourth-order valence-electron chi connectivity index (χ4n) is 2.06. The number of nitriles is 1. The Bertz CT molecular complexity index is 674. The number of nitrogens with zero attached hydrogens (tertiary/aromatic N) is 1. The average molecular weight is 279 g/mol. The van der Waals surface area contributed by atoms with E-state index in [-0.39, 0.29) is 12.5 Å². The summed E-state index contributed by atoms with van der Waals surface area (Å²) in [6.07, 6.45) is 0.862. The molecular formula is C17H17N3O. The topological polar surface area (TPSA) is 64.9 Å². The Kier molecular flexibility index (Phi) is 4.94. The van der Waals surface area contributed by atoms with Crippen LogP contribution < -0.4 is 10.6 Å². The molecule has 0 atom stereocenters. The first-order chi connectivity index (χ1) is 10.2. The highest BCUT2D eigenvalue weighted by Crippen LogP contribution is 2.16. The van der Waals surface area contributed by atoms with E-state index in [0.717, 1.165) is 17.7 Å². The number of anilines is 2. The van der Waals surface area contributed by atoms with Gasteiger partial charge in [-0.05, 0) is 30.2 Å². The van der Waals surface area contributed by atoms with Crippen LogP contribution >= 0.6 is 0 Å². The Labute approximate surface area is 124 Å². The number of benzene rings is 2. The van der Waals surface area contributed by atoms with Gasteiger partial charge in [-0.2, -0.15) is 5.26 Å². The standard InChI is InChI=1S/C17H17N3O/c1-2-13-7-3-6-10-16(13)20-17(21)12-19-15-9-5-4-8-14(15)11-18/h3-10,19H,2,12H2,1H3,(H,20,21). The summed E-state index contributed by atoms with van der Waals surface area (Å²) >= 11 is 0. The Morgan fingerprint density at radius 1 is 1.10 bits per heavy atom. The molecule has 1 amide bonds. The van der Waals surface area contributed by atoms with Crippen molar-refractivity contribution in [2.45, 2.75) is 13.3 Å². The smallest absolute Gasteiger partial charge is 0.243 e. The van der Waals surface area contributed by atoms with Gasteiger partial charge in [0.25, 0.3) is 0 Å². The van der Waals surface area contributed by atoms with Gasteiger partial charge in [0.15, 0.2) is 0 Å². The largest absolute Gasteiger partial charge is 0.375 e. The van der Waals surface area contributed by atoms with E-state index >= 15 is 0 Å². The third kappa shape index (κ3) is 3.83. The van der Waals surface area contributed by atoms with Crippen LogP contribution in [0.1, 0.15) is 18.1 Å². The second kappa shape index (κ2) is 7.11. The number of carbonyl (C=O) groups is 1. The van der Waals surface area contributed by atoms with Crippen LogP contribution in [0.4, 0.5) is 11.4 Å². The molecular weight excluding hydrogens is 262 g/mol. The maximum Gasteiger partial charge on any atom is 0.243 e. The van der Waals surface area contributed by atoms with Crippen molar-refractivity contribution in [2.24, 2.45) is 0 Å². The van der Waals surface area contributed by atoms with Crippen molar-refractivity contribution in [2.75, 3.05) is 17.2 Å². The molecule has 0 unspecified atom stereocenters. The van der Waals surface area contributed by atoms with Gasteiger partial charge in [-0.25, -0.2) is 0 Å². The zero-order chi connectivity index (χ0) is 15.1. The van der Waals surface area contributed by atoms with Crippen LogP contribution in [0.5, 0.6) is 0 Å². The average Bonchev–Trinajstić information content (AvgIpc) is 2.53. The summed E-state index contributed by atoms with van der Waals surface area (Å²) in [4.78, 5) is 12.0. The van der Waals surface area contributed by atoms with Crippen molar-refractivity contribution in [3.8, 4) is 6.07 Å². The van der Waals surface area contributed by atoms with Crippen LogP contribution in [0.2, 0.25) is 0 Å². The number of nitrogens with one attached hydrogen (secondary N) is 2. The Balaban J connectivity index is 1.98. The highest BCUT2D eigenvalue weighted by atomic mass is 16.1. The first-order valence-electron chi connectivity index (χ1n) is 6.85. The van der Waals surface area contributed by atoms with E-state index in [1.54, 1.807) is 18.2 Å². The number of rotatable bonds is 5. The van der Waals surface area contributed by atoms with Crippen LogP contribution in [0.25, 0.3) is 0 Å². The lowest BCUT2D eigenvalue weighted by atomic mass is 10.1. The number of para-hydroxylation sites is 2. The van der Waals surface area contributed by atoms with Gasteiger partial charge in [-0.1, -0.05) is 37.3 Å². The highest BCUT2D eigenvalue weighted by molar-refractivity contribution is 5.94. The molecule has 0 radical (unpaired) electrons. The second-order valence-corrected chi connectivity index (χ2v) is 4.57. The lowest BCUT2D eigenvalue weighted by Crippen LogP contribution is -2.22. The van der Waals surface area contributed by atoms with E-state index in [4.69, 9.17) is 5.26 Å². The fourth-order valence-corrected chi connectivity index (χ4v) is 2.06. The van der Waals surface area contributed by atoms with Crippen molar-refractivity contribution in [3.05, 3.63) is 59.7 Å². The van der Waals surface area contributed by atoms with Crippen molar-refractivity contribution in [1.29, 1.82) is 5.26 Å². The molecule has 4 nitrogen and oxygen atoms in total. The third-order valence-electron chi connectivity index (χ3n) is 3.16. The van der Waals surface area contributed by atoms with Crippen LogP contribution in [0.3, 0.4) is 0 Å². The molecule has 2 rings (SSSR count). The van der Waals surface area contributed by atoms with Gasteiger partial charge in [0.1, 0.15) is 6.07 Å². The highest BCUT2D eigenvalue weighted by Gasteiger charge is 2.06. The summed E-state index contributed by atoms with van der Waals surface area (Å²) in [5.74, 6) is -0.136. The molecule has 4 heteroatoms. The predicted molar refractivity (Wildman–Crippen MR) is 84.1 cm³/mol. The fraction of sp³-hybridized carbons (Fsp3) is 0.176. The number of amides is 1. The van der Waals surface area contributed by atoms with Gasteiger partial charge in [0.05, 0.1) is 17.8 Å². The molecule has 0 aromatic heterocycles. The summed E-state index contributed by atoms with van der Waals surface area (Å²) in [7, 11) is 0. The van der Waals surface area contributed by atoms with Gasteiger partial charge in [0.2, 0.25) is 5.91 Å². The van der Waals surface area contributed by atoms with Crippen molar-refractivity contribution in [1.82, 2.24) is 0 Å². The van der Waals surface area contributed by atoms with E-state index in [9.17, 15) is 4.79 Å². The molecule has 106 valence electrons. The molecule has 0 aliphatic rings. The Morgan fingerprint density at radius 3 is 2.48 bits per heavy atom. The van der Waals surface area contributed by atoms with Gasteiger partial charge < -0.3 is 10.6 Å². The maximum atomic E-state index is 12.0. The van der Waals surface area contributed by atoms with E-state index in [2.05, 4.69) is 16.7 Å². The quantitative estimate of drug-likeness (QED) is 0.883. The molecule has 0 aliphatic heterocycles. The molecule has 0 heterocycles. The molecule has 0 saturated heterocycles. The van der Waals surface area contributed by atoms with E-state index in [0.29, 0.717) is 11.3 Å². The summed E-state index contributed by atoms with van der Waals surface area (Å²) < 4.78 is 0. The second-order valence-electron chi connectivity index (χ2n) is 4.57. The number of hydrogen-bond acceptors (Lipinski definition) is 3. The molecule has 0 fully saturated rings. The van der Waals surface area contributed by atoms with Crippen molar-refractivity contribution < 1.29 is 4.79 Å². The van der Waals surface area contributed by atoms with E-state index < -0.39 is 0 Å². The van der Waals surface area contributed by atoms with Gasteiger partial charge >= 0.3 is 0 Å². The number of aryl methyl sites for hydroxylation is 1. The van der Waals surface area contributed by atoms with Crippen molar-refractivity contribution >= 4 is 17.3 Å². The first-order valence-corrected chi connectivity index (χ1v) is 6.85. The monoisotopic (exact) mass is 279 g/mol. The maximum absolute atomic E-state index is 12.0. The summed E-state index contributed by atoms with van der Waals surface area (Å²) in [5.41, 5.74) is 3.13. The van der Waals surface area contributed by atoms with Crippen LogP contribution in [-0.4, -0.2) is 12.5 Å².